The third-order valence-corrected chi connectivity index (χ3v) is 1.58. The fourth-order valence-electron chi connectivity index (χ4n) is 0.986. The van der Waals surface area contributed by atoms with Crippen molar-refractivity contribution in [3.8, 4) is 6.07 Å². The van der Waals surface area contributed by atoms with Crippen LogP contribution in [0.4, 0.5) is 0 Å². The summed E-state index contributed by atoms with van der Waals surface area (Å²) in [5, 5.41) is 17.2. The van der Waals surface area contributed by atoms with E-state index in [2.05, 4.69) is 11.1 Å². The minimum absolute atomic E-state index is 0.140. The Morgan fingerprint density at radius 3 is 3.08 bits per heavy atom. The fraction of sp³-hybridized carbons (Fsp3) is 0.333. The van der Waals surface area contributed by atoms with Gasteiger partial charge in [-0.05, 0) is 25.0 Å². The predicted molar refractivity (Wildman–Crippen MR) is 44.4 cm³/mol. The first-order valence-electron chi connectivity index (χ1n) is 3.83. The molecular formula is C9H10N2O. The van der Waals surface area contributed by atoms with Crippen LogP contribution in [-0.2, 0) is 6.42 Å². The van der Waals surface area contributed by atoms with Gasteiger partial charge >= 0.3 is 0 Å². The molecule has 1 aromatic rings. The topological polar surface area (TPSA) is 56.9 Å². The zero-order valence-corrected chi connectivity index (χ0v) is 6.70. The Kier molecular flexibility index (Phi) is 3.24. The first-order valence-corrected chi connectivity index (χ1v) is 3.83. The molecule has 1 heterocycles. The number of nitriles is 1. The molecule has 0 radical (unpaired) electrons. The third kappa shape index (κ3) is 2.04. The number of aliphatic hydroxyl groups excluding tert-OH is 1. The summed E-state index contributed by atoms with van der Waals surface area (Å²) in [4.78, 5) is 4.05. The highest BCUT2D eigenvalue weighted by Gasteiger charge is 2.00. The van der Waals surface area contributed by atoms with Gasteiger partial charge in [-0.2, -0.15) is 5.26 Å². The Bertz CT molecular complexity index is 291. The minimum atomic E-state index is 0.140. The van der Waals surface area contributed by atoms with Crippen molar-refractivity contribution in [3.05, 3.63) is 29.6 Å². The lowest BCUT2D eigenvalue weighted by Crippen LogP contribution is -1.96. The molecule has 1 aromatic heterocycles. The van der Waals surface area contributed by atoms with Crippen LogP contribution in [-0.4, -0.2) is 16.7 Å². The molecule has 0 aliphatic rings. The summed E-state index contributed by atoms with van der Waals surface area (Å²) >= 11 is 0. The van der Waals surface area contributed by atoms with Gasteiger partial charge in [-0.1, -0.05) is 0 Å². The zero-order chi connectivity index (χ0) is 8.81. The predicted octanol–water partition coefficient (Wildman–Crippen LogP) is 0.878. The number of aliphatic hydroxyl groups is 1. The number of nitrogens with zero attached hydrogens (tertiary/aromatic N) is 2. The van der Waals surface area contributed by atoms with Gasteiger partial charge in [0.25, 0.3) is 0 Å². The van der Waals surface area contributed by atoms with Crippen molar-refractivity contribution in [1.29, 1.82) is 5.26 Å². The van der Waals surface area contributed by atoms with Crippen molar-refractivity contribution in [2.75, 3.05) is 6.61 Å². The van der Waals surface area contributed by atoms with Crippen molar-refractivity contribution in [2.24, 2.45) is 0 Å². The summed E-state index contributed by atoms with van der Waals surface area (Å²) in [6.45, 7) is 0.140. The molecule has 0 spiro atoms. The maximum atomic E-state index is 8.67. The van der Waals surface area contributed by atoms with Gasteiger partial charge in [0.1, 0.15) is 6.07 Å². The smallest absolute Gasteiger partial charge is 0.101 e. The quantitative estimate of drug-likeness (QED) is 0.717. The van der Waals surface area contributed by atoms with E-state index < -0.39 is 0 Å². The molecule has 0 bridgehead atoms. The highest BCUT2D eigenvalue weighted by molar-refractivity contribution is 5.32. The van der Waals surface area contributed by atoms with E-state index in [0.717, 1.165) is 5.69 Å². The second-order valence-corrected chi connectivity index (χ2v) is 2.44. The van der Waals surface area contributed by atoms with E-state index in [-0.39, 0.29) is 6.61 Å². The molecule has 0 aliphatic carbocycles. The van der Waals surface area contributed by atoms with E-state index in [0.29, 0.717) is 18.4 Å². The number of aryl methyl sites for hydroxylation is 1. The average molecular weight is 162 g/mol. The molecule has 0 unspecified atom stereocenters. The van der Waals surface area contributed by atoms with Crippen LogP contribution in [0.1, 0.15) is 17.7 Å². The SMILES string of the molecule is N#Cc1cccnc1CCCO. The Morgan fingerprint density at radius 1 is 1.58 bits per heavy atom. The second-order valence-electron chi connectivity index (χ2n) is 2.44. The number of hydrogen-bond donors (Lipinski definition) is 1. The molecule has 0 fully saturated rings. The summed E-state index contributed by atoms with van der Waals surface area (Å²) in [6, 6.07) is 5.53. The zero-order valence-electron chi connectivity index (χ0n) is 6.70. The van der Waals surface area contributed by atoms with Gasteiger partial charge in [-0.15, -0.1) is 0 Å². The monoisotopic (exact) mass is 162 g/mol. The molecule has 0 amide bonds. The van der Waals surface area contributed by atoms with Gasteiger partial charge in [-0.3, -0.25) is 4.98 Å². The van der Waals surface area contributed by atoms with E-state index in [1.54, 1.807) is 18.3 Å². The number of aromatic nitrogens is 1. The van der Waals surface area contributed by atoms with E-state index in [1.807, 2.05) is 0 Å². The molecular weight excluding hydrogens is 152 g/mol. The molecule has 1 N–H and O–H groups in total. The molecule has 0 aromatic carbocycles. The van der Waals surface area contributed by atoms with Crippen LogP contribution < -0.4 is 0 Å². The summed E-state index contributed by atoms with van der Waals surface area (Å²) in [6.07, 6.45) is 2.99. The maximum Gasteiger partial charge on any atom is 0.101 e. The molecule has 3 nitrogen and oxygen atoms in total. The van der Waals surface area contributed by atoms with Gasteiger partial charge in [0, 0.05) is 12.8 Å². The Balaban J connectivity index is 2.77. The Hall–Kier alpha value is -1.40. The Labute approximate surface area is 71.3 Å². The fourth-order valence-corrected chi connectivity index (χ4v) is 0.986. The molecule has 0 atom stereocenters. The normalized spacial score (nSPS) is 9.33. The molecule has 3 heteroatoms. The van der Waals surface area contributed by atoms with Crippen LogP contribution in [0.2, 0.25) is 0 Å². The number of pyridine rings is 1. The highest BCUT2D eigenvalue weighted by Crippen LogP contribution is 2.05. The van der Waals surface area contributed by atoms with E-state index >= 15 is 0 Å². The summed E-state index contributed by atoms with van der Waals surface area (Å²) < 4.78 is 0. The minimum Gasteiger partial charge on any atom is -0.396 e. The van der Waals surface area contributed by atoms with Crippen LogP contribution in [0.25, 0.3) is 0 Å². The summed E-state index contributed by atoms with van der Waals surface area (Å²) in [7, 11) is 0. The van der Waals surface area contributed by atoms with Crippen LogP contribution in [0.15, 0.2) is 18.3 Å². The van der Waals surface area contributed by atoms with Gasteiger partial charge < -0.3 is 5.11 Å². The van der Waals surface area contributed by atoms with Crippen molar-refractivity contribution >= 4 is 0 Å². The van der Waals surface area contributed by atoms with Gasteiger partial charge in [0.05, 0.1) is 11.3 Å². The lowest BCUT2D eigenvalue weighted by Gasteiger charge is -1.99. The van der Waals surface area contributed by atoms with Gasteiger partial charge in [-0.25, -0.2) is 0 Å². The molecule has 1 rings (SSSR count). The lowest BCUT2D eigenvalue weighted by molar-refractivity contribution is 0.288. The first kappa shape index (κ1) is 8.69. The van der Waals surface area contributed by atoms with E-state index in [9.17, 15) is 0 Å². The van der Waals surface area contributed by atoms with Crippen LogP contribution in [0.3, 0.4) is 0 Å². The van der Waals surface area contributed by atoms with Gasteiger partial charge in [0.15, 0.2) is 0 Å². The van der Waals surface area contributed by atoms with Crippen molar-refractivity contribution in [1.82, 2.24) is 4.98 Å². The molecule has 0 saturated carbocycles. The van der Waals surface area contributed by atoms with Crippen LogP contribution in [0.5, 0.6) is 0 Å². The van der Waals surface area contributed by atoms with E-state index in [1.165, 1.54) is 0 Å². The summed E-state index contributed by atoms with van der Waals surface area (Å²) in [5.41, 5.74) is 1.38. The van der Waals surface area contributed by atoms with Crippen molar-refractivity contribution in [2.45, 2.75) is 12.8 Å². The van der Waals surface area contributed by atoms with Gasteiger partial charge in [0.2, 0.25) is 0 Å². The largest absolute Gasteiger partial charge is 0.396 e. The second kappa shape index (κ2) is 4.47. The highest BCUT2D eigenvalue weighted by atomic mass is 16.2. The number of hydrogen-bond acceptors (Lipinski definition) is 3. The van der Waals surface area contributed by atoms with Crippen molar-refractivity contribution < 1.29 is 5.11 Å². The number of rotatable bonds is 3. The Morgan fingerprint density at radius 2 is 2.42 bits per heavy atom. The van der Waals surface area contributed by atoms with Crippen molar-refractivity contribution in [3.63, 3.8) is 0 Å². The molecule has 62 valence electrons. The maximum absolute atomic E-state index is 8.67. The third-order valence-electron chi connectivity index (χ3n) is 1.58. The molecule has 0 saturated heterocycles. The average Bonchev–Trinajstić information content (AvgIpc) is 2.15. The standard InChI is InChI=1S/C9H10N2O/c10-7-8-3-1-5-11-9(8)4-2-6-12/h1,3,5,12H,2,4,6H2. The lowest BCUT2D eigenvalue weighted by atomic mass is 10.1. The van der Waals surface area contributed by atoms with Crippen LogP contribution in [0, 0.1) is 11.3 Å². The van der Waals surface area contributed by atoms with Crippen LogP contribution >= 0.6 is 0 Å². The first-order chi connectivity index (χ1) is 5.88. The molecule has 0 aliphatic heterocycles. The van der Waals surface area contributed by atoms with E-state index in [4.69, 9.17) is 10.4 Å². The molecule has 12 heavy (non-hydrogen) atoms. The summed E-state index contributed by atoms with van der Waals surface area (Å²) in [5.74, 6) is 0.